The molecular formula is C16H31N2O8P. The first-order valence-corrected chi connectivity index (χ1v) is 10.3. The van der Waals surface area contributed by atoms with Crippen LogP contribution < -0.4 is 11.1 Å². The molecule has 0 radical (unpaired) electrons. The minimum absolute atomic E-state index is 0.0168. The number of nitrogens with one attached hydrogen (secondary N) is 1. The fourth-order valence-corrected chi connectivity index (χ4v) is 3.02. The van der Waals surface area contributed by atoms with Crippen LogP contribution in [0.3, 0.4) is 0 Å². The Morgan fingerprint density at radius 2 is 1.74 bits per heavy atom. The number of hydrogen-bond donors (Lipinski definition) is 6. The molecule has 0 spiro atoms. The van der Waals surface area contributed by atoms with Crippen molar-refractivity contribution in [1.29, 1.82) is 0 Å². The van der Waals surface area contributed by atoms with Crippen LogP contribution in [-0.4, -0.2) is 56.0 Å². The summed E-state index contributed by atoms with van der Waals surface area (Å²) in [7, 11) is -4.64. The molecule has 10 nitrogen and oxygen atoms in total. The van der Waals surface area contributed by atoms with Gasteiger partial charge in [0.05, 0.1) is 12.1 Å². The molecule has 0 unspecified atom stereocenters. The van der Waals surface area contributed by atoms with Gasteiger partial charge in [0.15, 0.2) is 0 Å². The van der Waals surface area contributed by atoms with Crippen LogP contribution in [0.2, 0.25) is 0 Å². The number of ether oxygens (including phenoxy) is 1. The Bertz CT molecular complexity index is 577. The van der Waals surface area contributed by atoms with Crippen molar-refractivity contribution in [2.75, 3.05) is 0 Å². The second kappa shape index (κ2) is 11.5. The van der Waals surface area contributed by atoms with Crippen LogP contribution in [0, 0.1) is 0 Å². The van der Waals surface area contributed by atoms with Gasteiger partial charge in [0.25, 0.3) is 0 Å². The molecule has 11 heteroatoms. The normalized spacial score (nSPS) is 22.9. The maximum absolute atomic E-state index is 11.5. The van der Waals surface area contributed by atoms with Crippen molar-refractivity contribution in [3.63, 3.8) is 0 Å². The van der Waals surface area contributed by atoms with Gasteiger partial charge in [0, 0.05) is 18.5 Å². The molecule has 0 aliphatic heterocycles. The van der Waals surface area contributed by atoms with Crippen molar-refractivity contribution in [3.8, 4) is 0 Å². The third kappa shape index (κ3) is 9.46. The fraction of sp³-hybridized carbons (Fsp3) is 0.750. The molecule has 0 saturated heterocycles. The second-order valence-electron chi connectivity index (χ2n) is 6.27. The van der Waals surface area contributed by atoms with Crippen molar-refractivity contribution < 1.29 is 38.7 Å². The van der Waals surface area contributed by atoms with Gasteiger partial charge in [0.2, 0.25) is 5.91 Å². The molecule has 0 aromatic carbocycles. The number of carbonyl (C=O) groups is 2. The Morgan fingerprint density at radius 3 is 2.07 bits per heavy atom. The zero-order valence-electron chi connectivity index (χ0n) is 16.1. The fourth-order valence-electron chi connectivity index (χ4n) is 3.02. The van der Waals surface area contributed by atoms with Gasteiger partial charge in [-0.1, -0.05) is 20.8 Å². The summed E-state index contributed by atoms with van der Waals surface area (Å²) in [5.74, 6) is -1.14. The first kappa shape index (κ1) is 25.7. The van der Waals surface area contributed by atoms with Gasteiger partial charge in [-0.05, 0) is 31.3 Å². The molecule has 1 amide bonds. The van der Waals surface area contributed by atoms with Crippen LogP contribution in [0.4, 0.5) is 0 Å². The molecule has 1 aliphatic carbocycles. The summed E-state index contributed by atoms with van der Waals surface area (Å²) in [6, 6.07) is -0.860. The summed E-state index contributed by atoms with van der Waals surface area (Å²) in [5, 5.41) is 12.3. The van der Waals surface area contributed by atoms with E-state index in [4.69, 9.17) is 29.7 Å². The number of rotatable bonds is 7. The summed E-state index contributed by atoms with van der Waals surface area (Å²) < 4.78 is 15.0. The van der Waals surface area contributed by atoms with Gasteiger partial charge in [0.1, 0.15) is 6.10 Å². The molecule has 3 atom stereocenters. The highest BCUT2D eigenvalue weighted by molar-refractivity contribution is 7.45. The molecule has 0 aromatic rings. The maximum Gasteiger partial charge on any atom is 0.466 e. The first-order valence-electron chi connectivity index (χ1n) is 8.77. The van der Waals surface area contributed by atoms with Crippen LogP contribution in [0.15, 0.2) is 11.1 Å². The van der Waals surface area contributed by atoms with Crippen molar-refractivity contribution in [2.24, 2.45) is 5.73 Å². The van der Waals surface area contributed by atoms with Gasteiger partial charge in [-0.3, -0.25) is 4.79 Å². The lowest BCUT2D eigenvalue weighted by Gasteiger charge is -2.40. The number of carbonyl (C=O) groups excluding carboxylic acids is 1. The average Bonchev–Trinajstić information content (AvgIpc) is 2.52. The van der Waals surface area contributed by atoms with E-state index in [2.05, 4.69) is 5.32 Å². The maximum atomic E-state index is 11.5. The molecule has 7 N–H and O–H groups in total. The monoisotopic (exact) mass is 410 g/mol. The highest BCUT2D eigenvalue weighted by Crippen LogP contribution is 2.31. The molecule has 0 aromatic heterocycles. The highest BCUT2D eigenvalue weighted by atomic mass is 31.2. The predicted octanol–water partition coefficient (Wildman–Crippen LogP) is 0.659. The third-order valence-electron chi connectivity index (χ3n) is 4.22. The van der Waals surface area contributed by atoms with E-state index < -0.39 is 32.0 Å². The largest absolute Gasteiger partial charge is 0.478 e. The van der Waals surface area contributed by atoms with Crippen LogP contribution in [0.1, 0.15) is 53.4 Å². The lowest BCUT2D eigenvalue weighted by Crippen LogP contribution is -2.58. The van der Waals surface area contributed by atoms with Gasteiger partial charge in [-0.25, -0.2) is 9.36 Å². The van der Waals surface area contributed by atoms with E-state index >= 15 is 0 Å². The van der Waals surface area contributed by atoms with Gasteiger partial charge in [-0.2, -0.15) is 0 Å². The van der Waals surface area contributed by atoms with Crippen molar-refractivity contribution >= 4 is 19.7 Å². The third-order valence-corrected chi connectivity index (χ3v) is 4.22. The Labute approximate surface area is 159 Å². The Kier molecular flexibility index (Phi) is 11.0. The lowest BCUT2D eigenvalue weighted by molar-refractivity contribution is -0.133. The quantitative estimate of drug-likeness (QED) is 0.329. The van der Waals surface area contributed by atoms with Crippen molar-refractivity contribution in [3.05, 3.63) is 11.1 Å². The van der Waals surface area contributed by atoms with E-state index in [1.54, 1.807) is 0 Å². The van der Waals surface area contributed by atoms with Gasteiger partial charge < -0.3 is 35.6 Å². The number of amides is 1. The number of aliphatic carboxylic acids is 1. The minimum atomic E-state index is -4.64. The molecule has 0 saturated carbocycles. The molecule has 0 fully saturated rings. The standard InChI is InChI=1S/C16H28N2O4.H3O4P/c1-5-10(6-2)22-15-11(7-3)12(16(20)21)8-13(17)14(15)18-9(4)19;1-5(2,3)4/h10,13-15H,5-8,17H2,1-4H3,(H,18,19)(H,20,21);(H3,1,2,3,4)/t13-,14+,15+;/m0./s1. The van der Waals surface area contributed by atoms with E-state index in [9.17, 15) is 14.7 Å². The predicted molar refractivity (Wildman–Crippen MR) is 98.7 cm³/mol. The molecular weight excluding hydrogens is 379 g/mol. The average molecular weight is 410 g/mol. The molecule has 1 aliphatic rings. The second-order valence-corrected chi connectivity index (χ2v) is 7.29. The number of carboxylic acids is 1. The summed E-state index contributed by atoms with van der Waals surface area (Å²) in [5.41, 5.74) is 7.19. The molecule has 27 heavy (non-hydrogen) atoms. The molecule has 0 heterocycles. The van der Waals surface area contributed by atoms with Gasteiger partial charge in [-0.15, -0.1) is 0 Å². The van der Waals surface area contributed by atoms with E-state index in [-0.39, 0.29) is 18.4 Å². The smallest absolute Gasteiger partial charge is 0.466 e. The Morgan fingerprint density at radius 1 is 1.26 bits per heavy atom. The Hall–Kier alpha value is -1.29. The van der Waals surface area contributed by atoms with Crippen LogP contribution in [0.25, 0.3) is 0 Å². The summed E-state index contributed by atoms with van der Waals surface area (Å²) >= 11 is 0. The van der Waals surface area contributed by atoms with E-state index in [1.165, 1.54) is 6.92 Å². The SMILES string of the molecule is CCC1=C(C(=O)O)C[C@H](N)[C@@H](NC(C)=O)[C@@H]1OC(CC)CC.O=P(O)(O)O. The lowest BCUT2D eigenvalue weighted by atomic mass is 9.81. The Balaban J connectivity index is 0.00000119. The van der Waals surface area contributed by atoms with E-state index in [1.807, 2.05) is 20.8 Å². The van der Waals surface area contributed by atoms with Crippen molar-refractivity contribution in [1.82, 2.24) is 5.32 Å². The number of carboxylic acid groups (broad SMARTS) is 1. The summed E-state index contributed by atoms with van der Waals surface area (Å²) in [6.07, 6.45) is 2.00. The molecule has 1 rings (SSSR count). The number of hydrogen-bond acceptors (Lipinski definition) is 5. The van der Waals surface area contributed by atoms with Crippen LogP contribution in [0.5, 0.6) is 0 Å². The zero-order chi connectivity index (χ0) is 21.4. The molecule has 158 valence electrons. The van der Waals surface area contributed by atoms with Crippen molar-refractivity contribution in [2.45, 2.75) is 77.7 Å². The van der Waals surface area contributed by atoms with Gasteiger partial charge >= 0.3 is 13.8 Å². The number of nitrogens with two attached hydrogens (primary N) is 1. The van der Waals surface area contributed by atoms with E-state index in [0.717, 1.165) is 18.4 Å². The van der Waals surface area contributed by atoms with Crippen LogP contribution in [-0.2, 0) is 18.9 Å². The summed E-state index contributed by atoms with van der Waals surface area (Å²) in [6.45, 7) is 7.39. The summed E-state index contributed by atoms with van der Waals surface area (Å²) in [4.78, 5) is 44.6. The zero-order valence-corrected chi connectivity index (χ0v) is 17.0. The molecule has 0 bridgehead atoms. The van der Waals surface area contributed by atoms with E-state index in [0.29, 0.717) is 12.0 Å². The highest BCUT2D eigenvalue weighted by Gasteiger charge is 2.40. The number of phosphoric acid groups is 1. The minimum Gasteiger partial charge on any atom is -0.478 e. The first-order chi connectivity index (χ1) is 12.3. The topological polar surface area (TPSA) is 179 Å². The van der Waals surface area contributed by atoms with Crippen LogP contribution >= 0.6 is 7.82 Å².